The molecule has 0 radical (unpaired) electrons. The number of alkyl halides is 1. The van der Waals surface area contributed by atoms with Crippen molar-refractivity contribution in [2.45, 2.75) is 54.1 Å². The first-order valence-electron chi connectivity index (χ1n) is 11.3. The number of nitrogens with one attached hydrogen (secondary N) is 1. The smallest absolute Gasteiger partial charge is 0.231 e. The van der Waals surface area contributed by atoms with Crippen molar-refractivity contribution in [3.63, 3.8) is 0 Å². The molecule has 0 aliphatic rings. The fourth-order valence-electron chi connectivity index (χ4n) is 3.50. The van der Waals surface area contributed by atoms with E-state index >= 15 is 0 Å². The van der Waals surface area contributed by atoms with Gasteiger partial charge in [0, 0.05) is 43.3 Å². The Morgan fingerprint density at radius 1 is 1.00 bits per heavy atom. The predicted molar refractivity (Wildman–Crippen MR) is 139 cm³/mol. The van der Waals surface area contributed by atoms with Crippen molar-refractivity contribution in [2.24, 2.45) is 10.8 Å². The van der Waals surface area contributed by atoms with Gasteiger partial charge in [0.15, 0.2) is 0 Å². The van der Waals surface area contributed by atoms with Crippen LogP contribution in [0.25, 0.3) is 0 Å². The van der Waals surface area contributed by atoms with Gasteiger partial charge in [-0.1, -0.05) is 51.1 Å². The van der Waals surface area contributed by atoms with E-state index in [1.807, 2.05) is 107 Å². The number of anilines is 2. The van der Waals surface area contributed by atoms with Gasteiger partial charge in [0.25, 0.3) is 0 Å². The summed E-state index contributed by atoms with van der Waals surface area (Å²) in [6, 6.07) is 15.8. The Kier molecular flexibility index (Phi) is 8.58. The van der Waals surface area contributed by atoms with Crippen LogP contribution in [0.4, 0.5) is 11.4 Å². The van der Waals surface area contributed by atoms with E-state index in [-0.39, 0.29) is 23.7 Å². The van der Waals surface area contributed by atoms with Gasteiger partial charge < -0.3 is 15.1 Å². The van der Waals surface area contributed by atoms with E-state index in [1.165, 1.54) is 0 Å². The molecule has 5 nitrogen and oxygen atoms in total. The zero-order valence-electron chi connectivity index (χ0n) is 21.2. The molecule has 0 aliphatic heterocycles. The molecule has 2 aromatic rings. The Balaban J connectivity index is 2.48. The Morgan fingerprint density at radius 3 is 2.12 bits per heavy atom. The summed E-state index contributed by atoms with van der Waals surface area (Å²) in [5.41, 5.74) is 2.51. The van der Waals surface area contributed by atoms with Crippen LogP contribution in [0, 0.1) is 10.8 Å². The van der Waals surface area contributed by atoms with Gasteiger partial charge >= 0.3 is 0 Å². The Bertz CT molecular complexity index is 965. The quantitative estimate of drug-likeness (QED) is 0.474. The van der Waals surface area contributed by atoms with Gasteiger partial charge in [0.05, 0.1) is 11.5 Å². The minimum Gasteiger partial charge on any atom is -0.377 e. The van der Waals surface area contributed by atoms with E-state index in [4.69, 9.17) is 11.6 Å². The van der Waals surface area contributed by atoms with Crippen LogP contribution in [0.1, 0.15) is 58.7 Å². The summed E-state index contributed by atoms with van der Waals surface area (Å²) in [5.74, 6) is 0.159. The first-order chi connectivity index (χ1) is 15.3. The van der Waals surface area contributed by atoms with Crippen molar-refractivity contribution in [3.05, 3.63) is 59.7 Å². The highest BCUT2D eigenvalue weighted by molar-refractivity contribution is 6.20. The number of amides is 2. The second-order valence-corrected chi connectivity index (χ2v) is 10.7. The Labute approximate surface area is 204 Å². The van der Waals surface area contributed by atoms with Crippen LogP contribution >= 0.6 is 11.6 Å². The lowest BCUT2D eigenvalue weighted by Gasteiger charge is -2.36. The maximum absolute atomic E-state index is 13.5. The average molecular weight is 472 g/mol. The highest BCUT2D eigenvalue weighted by atomic mass is 35.5. The fourth-order valence-corrected chi connectivity index (χ4v) is 3.62. The van der Waals surface area contributed by atoms with Crippen LogP contribution in [-0.2, 0) is 16.1 Å². The number of carbonyl (C=O) groups is 2. The molecule has 1 atom stereocenters. The first kappa shape index (κ1) is 26.7. The molecule has 0 fully saturated rings. The van der Waals surface area contributed by atoms with Gasteiger partial charge in [-0.2, -0.15) is 0 Å². The van der Waals surface area contributed by atoms with E-state index in [1.54, 1.807) is 0 Å². The molecular weight excluding hydrogens is 434 g/mol. The predicted octanol–water partition coefficient (Wildman–Crippen LogP) is 6.09. The number of rotatable bonds is 8. The Hall–Kier alpha value is -2.53. The number of carbonyl (C=O) groups excluding carboxylic acids is 2. The highest BCUT2D eigenvalue weighted by Gasteiger charge is 2.32. The third-order valence-corrected chi connectivity index (χ3v) is 6.43. The van der Waals surface area contributed by atoms with E-state index in [0.717, 1.165) is 16.8 Å². The zero-order chi connectivity index (χ0) is 25.0. The molecule has 0 heterocycles. The van der Waals surface area contributed by atoms with E-state index < -0.39 is 10.8 Å². The van der Waals surface area contributed by atoms with Crippen LogP contribution in [0.3, 0.4) is 0 Å². The lowest BCUT2D eigenvalue weighted by atomic mass is 9.92. The third kappa shape index (κ3) is 6.73. The molecule has 0 unspecified atom stereocenters. The molecule has 6 heteroatoms. The summed E-state index contributed by atoms with van der Waals surface area (Å²) in [6.07, 6.45) is 0. The van der Waals surface area contributed by atoms with Crippen molar-refractivity contribution in [1.29, 1.82) is 0 Å². The molecule has 2 aromatic carbocycles. The van der Waals surface area contributed by atoms with Crippen LogP contribution in [0.15, 0.2) is 48.5 Å². The number of hydrogen-bond donors (Lipinski definition) is 1. The summed E-state index contributed by atoms with van der Waals surface area (Å²) in [7, 11) is 3.95. The molecule has 180 valence electrons. The average Bonchev–Trinajstić information content (AvgIpc) is 2.76. The van der Waals surface area contributed by atoms with Crippen LogP contribution in [0.5, 0.6) is 0 Å². The number of hydrogen-bond acceptors (Lipinski definition) is 3. The van der Waals surface area contributed by atoms with Gasteiger partial charge in [-0.15, -0.1) is 11.6 Å². The standard InChI is InChI=1S/C27H38ClN3O2/c1-19(20-12-10-9-11-13-20)31(25(33)26(2,3)4)17-21-16-22(14-15-23(21)30(7)8)29-24(32)27(5,6)18-28/h9-16,19H,17-18H2,1-8H3,(H,29,32)/t19-/m1/s1. The Morgan fingerprint density at radius 2 is 1.61 bits per heavy atom. The highest BCUT2D eigenvalue weighted by Crippen LogP contribution is 2.32. The maximum Gasteiger partial charge on any atom is 0.231 e. The number of nitrogens with zero attached hydrogens (tertiary/aromatic N) is 2. The first-order valence-corrected chi connectivity index (χ1v) is 11.8. The van der Waals surface area contributed by atoms with E-state index in [0.29, 0.717) is 12.2 Å². The minimum atomic E-state index is -0.683. The number of halogens is 1. The molecule has 0 saturated carbocycles. The molecule has 0 aliphatic carbocycles. The monoisotopic (exact) mass is 471 g/mol. The normalized spacial score (nSPS) is 12.8. The lowest BCUT2D eigenvalue weighted by molar-refractivity contribution is -0.142. The number of benzene rings is 2. The van der Waals surface area contributed by atoms with Crippen LogP contribution in [-0.4, -0.2) is 36.7 Å². The second-order valence-electron chi connectivity index (χ2n) is 10.5. The largest absolute Gasteiger partial charge is 0.377 e. The van der Waals surface area contributed by atoms with Crippen molar-refractivity contribution in [2.75, 3.05) is 30.2 Å². The summed E-state index contributed by atoms with van der Waals surface area (Å²) < 4.78 is 0. The molecule has 0 aromatic heterocycles. The fraction of sp³-hybridized carbons (Fsp3) is 0.481. The minimum absolute atomic E-state index is 0.0706. The van der Waals surface area contributed by atoms with E-state index in [9.17, 15) is 9.59 Å². The summed E-state index contributed by atoms with van der Waals surface area (Å²) in [5, 5.41) is 2.99. The molecule has 0 saturated heterocycles. The summed E-state index contributed by atoms with van der Waals surface area (Å²) >= 11 is 5.98. The third-order valence-electron chi connectivity index (χ3n) is 5.76. The van der Waals surface area contributed by atoms with E-state index in [2.05, 4.69) is 12.2 Å². The molecule has 33 heavy (non-hydrogen) atoms. The summed E-state index contributed by atoms with van der Waals surface area (Å²) in [4.78, 5) is 30.2. The summed E-state index contributed by atoms with van der Waals surface area (Å²) in [6.45, 7) is 11.9. The second kappa shape index (κ2) is 10.6. The van der Waals surface area contributed by atoms with Gasteiger partial charge in [-0.3, -0.25) is 9.59 Å². The van der Waals surface area contributed by atoms with Crippen molar-refractivity contribution in [1.82, 2.24) is 4.90 Å². The molecule has 1 N–H and O–H groups in total. The molecule has 0 spiro atoms. The molecule has 2 amide bonds. The zero-order valence-corrected chi connectivity index (χ0v) is 22.0. The van der Waals surface area contributed by atoms with Gasteiger partial charge in [0.2, 0.25) is 11.8 Å². The SMILES string of the molecule is C[C@H](c1ccccc1)N(Cc1cc(NC(=O)C(C)(C)CCl)ccc1N(C)C)C(=O)C(C)(C)C. The topological polar surface area (TPSA) is 52.7 Å². The lowest BCUT2D eigenvalue weighted by Crippen LogP contribution is -2.41. The van der Waals surface area contributed by atoms with Gasteiger partial charge in [-0.05, 0) is 50.1 Å². The molecule has 2 rings (SSSR count). The van der Waals surface area contributed by atoms with Crippen molar-refractivity contribution < 1.29 is 9.59 Å². The van der Waals surface area contributed by atoms with Crippen molar-refractivity contribution in [3.8, 4) is 0 Å². The molecule has 0 bridgehead atoms. The van der Waals surface area contributed by atoms with Gasteiger partial charge in [-0.25, -0.2) is 0 Å². The van der Waals surface area contributed by atoms with Crippen LogP contribution < -0.4 is 10.2 Å². The molecular formula is C27H38ClN3O2. The maximum atomic E-state index is 13.5. The van der Waals surface area contributed by atoms with Crippen LogP contribution in [0.2, 0.25) is 0 Å². The van der Waals surface area contributed by atoms with Crippen molar-refractivity contribution >= 4 is 34.8 Å². The van der Waals surface area contributed by atoms with Gasteiger partial charge in [0.1, 0.15) is 0 Å².